The Morgan fingerprint density at radius 3 is 2.55 bits per heavy atom. The number of likely N-dealkylation sites (tertiary alicyclic amines) is 1. The van der Waals surface area contributed by atoms with Crippen molar-refractivity contribution < 1.29 is 0 Å². The van der Waals surface area contributed by atoms with Crippen molar-refractivity contribution in [3.63, 3.8) is 0 Å². The third-order valence-electron chi connectivity index (χ3n) is 4.14. The highest BCUT2D eigenvalue weighted by atomic mass is 35.5. The Balaban J connectivity index is 2.20. The van der Waals surface area contributed by atoms with Gasteiger partial charge in [0.25, 0.3) is 0 Å². The van der Waals surface area contributed by atoms with E-state index in [0.717, 1.165) is 40.8 Å². The Hall–Kier alpha value is -1.19. The van der Waals surface area contributed by atoms with E-state index >= 15 is 0 Å². The Kier molecular flexibility index (Phi) is 3.65. The molecule has 0 spiro atoms. The van der Waals surface area contributed by atoms with Crippen molar-refractivity contribution in [2.75, 3.05) is 19.6 Å². The summed E-state index contributed by atoms with van der Waals surface area (Å²) in [6.07, 6.45) is 2.53. The molecule has 3 rings (SSSR count). The molecule has 1 aromatic heterocycles. The van der Waals surface area contributed by atoms with Gasteiger partial charge in [0.05, 0.1) is 30.5 Å². The maximum atomic E-state index is 6.17. The van der Waals surface area contributed by atoms with Gasteiger partial charge in [-0.1, -0.05) is 26.0 Å². The third-order valence-corrected chi connectivity index (χ3v) is 4.31. The zero-order valence-electron chi connectivity index (χ0n) is 12.1. The molecular weight excluding hydrogens is 270 g/mol. The second-order valence-corrected chi connectivity index (χ2v) is 6.55. The minimum absolute atomic E-state index is 0.367. The molecule has 0 bridgehead atoms. The lowest BCUT2D eigenvalue weighted by molar-refractivity contribution is 0.290. The molecule has 106 valence electrons. The first-order chi connectivity index (χ1) is 9.61. The summed E-state index contributed by atoms with van der Waals surface area (Å²) in [4.78, 5) is 9.00. The van der Waals surface area contributed by atoms with Crippen LogP contribution in [0.25, 0.3) is 10.9 Å². The summed E-state index contributed by atoms with van der Waals surface area (Å²) >= 11 is 6.17. The van der Waals surface area contributed by atoms with Gasteiger partial charge in [0, 0.05) is 18.8 Å². The molecule has 0 radical (unpaired) electrons. The minimum Gasteiger partial charge on any atom is -0.274 e. The van der Waals surface area contributed by atoms with E-state index < -0.39 is 0 Å². The standard InChI is InChI=1S/C16H21ClN3/c1-12(2)11-20(9-5-6-10-20)15-13-7-3-4-8-14(13)18-16(17)19-15/h3-4,7-8,12H,5-6,9-11H2,1-2H3/q+1. The van der Waals surface area contributed by atoms with Gasteiger partial charge in [-0.15, -0.1) is 0 Å². The average Bonchev–Trinajstić information content (AvgIpc) is 2.86. The first kappa shape index (κ1) is 13.8. The van der Waals surface area contributed by atoms with Crippen LogP contribution in [0.5, 0.6) is 0 Å². The molecule has 0 saturated carbocycles. The fraction of sp³-hybridized carbons (Fsp3) is 0.500. The second-order valence-electron chi connectivity index (χ2n) is 6.21. The molecule has 0 amide bonds. The molecule has 2 heterocycles. The van der Waals surface area contributed by atoms with Gasteiger partial charge in [0.2, 0.25) is 11.1 Å². The highest BCUT2D eigenvalue weighted by Crippen LogP contribution is 2.35. The summed E-state index contributed by atoms with van der Waals surface area (Å²) in [6, 6.07) is 8.21. The molecule has 3 nitrogen and oxygen atoms in total. The molecular formula is C16H21ClN3+. The Labute approximate surface area is 125 Å². The van der Waals surface area contributed by atoms with E-state index in [1.807, 2.05) is 12.1 Å². The van der Waals surface area contributed by atoms with E-state index in [-0.39, 0.29) is 0 Å². The van der Waals surface area contributed by atoms with Crippen molar-refractivity contribution in [2.24, 2.45) is 5.92 Å². The van der Waals surface area contributed by atoms with Crippen molar-refractivity contribution >= 4 is 28.3 Å². The van der Waals surface area contributed by atoms with E-state index in [0.29, 0.717) is 11.2 Å². The topological polar surface area (TPSA) is 25.8 Å². The predicted molar refractivity (Wildman–Crippen MR) is 85.0 cm³/mol. The number of fused-ring (bicyclic) bond motifs is 1. The number of quaternary nitrogens is 1. The van der Waals surface area contributed by atoms with Crippen LogP contribution in [-0.2, 0) is 0 Å². The van der Waals surface area contributed by atoms with Crippen LogP contribution in [-0.4, -0.2) is 29.6 Å². The number of benzene rings is 1. The second kappa shape index (κ2) is 5.30. The van der Waals surface area contributed by atoms with Crippen LogP contribution in [0.3, 0.4) is 0 Å². The van der Waals surface area contributed by atoms with E-state index in [9.17, 15) is 0 Å². The Bertz CT molecular complexity index is 618. The Morgan fingerprint density at radius 2 is 1.85 bits per heavy atom. The van der Waals surface area contributed by atoms with Crippen molar-refractivity contribution in [1.29, 1.82) is 0 Å². The normalized spacial score (nSPS) is 18.0. The van der Waals surface area contributed by atoms with Crippen LogP contribution < -0.4 is 4.48 Å². The van der Waals surface area contributed by atoms with Crippen LogP contribution in [0.4, 0.5) is 5.82 Å². The molecule has 4 heteroatoms. The largest absolute Gasteiger partial charge is 0.274 e. The van der Waals surface area contributed by atoms with Crippen molar-refractivity contribution in [1.82, 2.24) is 14.5 Å². The minimum atomic E-state index is 0.367. The third kappa shape index (κ3) is 2.40. The van der Waals surface area contributed by atoms with Gasteiger partial charge in [-0.25, -0.2) is 4.98 Å². The van der Waals surface area contributed by atoms with Gasteiger partial charge >= 0.3 is 0 Å². The van der Waals surface area contributed by atoms with Crippen LogP contribution >= 0.6 is 11.6 Å². The van der Waals surface area contributed by atoms with Crippen LogP contribution in [0.1, 0.15) is 26.7 Å². The zero-order chi connectivity index (χ0) is 14.2. The van der Waals surface area contributed by atoms with Crippen LogP contribution in [0, 0.1) is 5.92 Å². The molecule has 1 saturated heterocycles. The highest BCUT2D eigenvalue weighted by Gasteiger charge is 2.38. The van der Waals surface area contributed by atoms with E-state index in [2.05, 4.69) is 35.9 Å². The Morgan fingerprint density at radius 1 is 1.15 bits per heavy atom. The van der Waals surface area contributed by atoms with E-state index in [1.54, 1.807) is 0 Å². The molecule has 0 N–H and O–H groups in total. The SMILES string of the molecule is CC(C)C[N+]1(c2nc(Cl)nc3ccccc23)CCCC1. The van der Waals surface area contributed by atoms with Gasteiger partial charge in [-0.05, 0) is 23.7 Å². The summed E-state index contributed by atoms with van der Waals surface area (Å²) in [5, 5.41) is 1.52. The number of nitrogens with zero attached hydrogens (tertiary/aromatic N) is 3. The van der Waals surface area contributed by atoms with Crippen molar-refractivity contribution in [3.05, 3.63) is 29.5 Å². The van der Waals surface area contributed by atoms with Gasteiger partial charge in [-0.3, -0.25) is 4.48 Å². The average molecular weight is 291 g/mol. The van der Waals surface area contributed by atoms with E-state index in [4.69, 9.17) is 11.6 Å². The fourth-order valence-electron chi connectivity index (χ4n) is 3.51. The monoisotopic (exact) mass is 290 g/mol. The molecule has 1 fully saturated rings. The number of hydrogen-bond acceptors (Lipinski definition) is 2. The number of para-hydroxylation sites is 1. The number of hydrogen-bond donors (Lipinski definition) is 0. The molecule has 1 aliphatic rings. The van der Waals surface area contributed by atoms with Gasteiger partial charge in [0.15, 0.2) is 0 Å². The number of halogens is 1. The first-order valence-corrected chi connectivity index (χ1v) is 7.77. The first-order valence-electron chi connectivity index (χ1n) is 7.40. The maximum absolute atomic E-state index is 6.17. The smallest absolute Gasteiger partial charge is 0.239 e. The van der Waals surface area contributed by atoms with Crippen LogP contribution in [0.2, 0.25) is 5.28 Å². The number of rotatable bonds is 3. The highest BCUT2D eigenvalue weighted by molar-refractivity contribution is 6.28. The summed E-state index contributed by atoms with van der Waals surface area (Å²) in [5.41, 5.74) is 0.954. The van der Waals surface area contributed by atoms with Gasteiger partial charge in [-0.2, -0.15) is 4.98 Å². The summed E-state index contributed by atoms with van der Waals surface area (Å²) in [7, 11) is 0. The summed E-state index contributed by atoms with van der Waals surface area (Å²) < 4.78 is 0.959. The molecule has 1 aromatic carbocycles. The van der Waals surface area contributed by atoms with Gasteiger partial charge in [0.1, 0.15) is 0 Å². The lowest BCUT2D eigenvalue weighted by atomic mass is 10.1. The summed E-state index contributed by atoms with van der Waals surface area (Å²) in [6.45, 7) is 8.01. The van der Waals surface area contributed by atoms with Crippen molar-refractivity contribution in [3.8, 4) is 0 Å². The number of aromatic nitrogens is 2. The van der Waals surface area contributed by atoms with E-state index in [1.165, 1.54) is 12.8 Å². The molecule has 2 aromatic rings. The summed E-state index contributed by atoms with van der Waals surface area (Å²) in [5.74, 6) is 1.76. The molecule has 20 heavy (non-hydrogen) atoms. The van der Waals surface area contributed by atoms with Gasteiger partial charge < -0.3 is 0 Å². The predicted octanol–water partition coefficient (Wildman–Crippen LogP) is 4.04. The molecule has 0 unspecified atom stereocenters. The lowest BCUT2D eigenvalue weighted by Crippen LogP contribution is -2.49. The fourth-order valence-corrected chi connectivity index (χ4v) is 3.69. The lowest BCUT2D eigenvalue weighted by Gasteiger charge is -2.34. The molecule has 0 aliphatic carbocycles. The van der Waals surface area contributed by atoms with Crippen molar-refractivity contribution in [2.45, 2.75) is 26.7 Å². The quantitative estimate of drug-likeness (QED) is 0.630. The maximum Gasteiger partial charge on any atom is 0.239 e. The molecule has 0 atom stereocenters. The van der Waals surface area contributed by atoms with Crippen LogP contribution in [0.15, 0.2) is 24.3 Å². The molecule has 1 aliphatic heterocycles. The zero-order valence-corrected chi connectivity index (χ0v) is 12.9.